The summed E-state index contributed by atoms with van der Waals surface area (Å²) >= 11 is 1.42. The lowest BCUT2D eigenvalue weighted by atomic mass is 10.2. The van der Waals surface area contributed by atoms with Gasteiger partial charge in [0.1, 0.15) is 11.5 Å². The van der Waals surface area contributed by atoms with Crippen molar-refractivity contribution in [3.05, 3.63) is 70.5 Å². The highest BCUT2D eigenvalue weighted by molar-refractivity contribution is 7.99. The number of nitrogens with one attached hydrogen (secondary N) is 1. The molecule has 0 radical (unpaired) electrons. The van der Waals surface area contributed by atoms with Gasteiger partial charge in [0.2, 0.25) is 5.91 Å². The normalized spacial score (nSPS) is 10.6. The van der Waals surface area contributed by atoms with E-state index in [2.05, 4.69) is 15.5 Å². The molecule has 8 nitrogen and oxygen atoms in total. The van der Waals surface area contributed by atoms with Gasteiger partial charge >= 0.3 is 0 Å². The second-order valence-electron chi connectivity index (χ2n) is 5.84. The van der Waals surface area contributed by atoms with Gasteiger partial charge in [-0.1, -0.05) is 49.0 Å². The van der Waals surface area contributed by atoms with Gasteiger partial charge in [-0.15, -0.1) is 10.2 Å². The highest BCUT2D eigenvalue weighted by Crippen LogP contribution is 2.25. The van der Waals surface area contributed by atoms with Gasteiger partial charge in [0, 0.05) is 30.3 Å². The number of thioether (sulfide) groups is 1. The van der Waals surface area contributed by atoms with E-state index in [9.17, 15) is 14.9 Å². The molecule has 0 saturated heterocycles. The number of anilines is 1. The maximum atomic E-state index is 12.2. The molecule has 1 aromatic heterocycles. The molecule has 0 aliphatic heterocycles. The molecule has 3 aromatic rings. The molecule has 1 heterocycles. The van der Waals surface area contributed by atoms with E-state index in [1.165, 1.54) is 23.9 Å². The van der Waals surface area contributed by atoms with Gasteiger partial charge in [-0.05, 0) is 18.2 Å². The molecule has 0 unspecified atom stereocenters. The van der Waals surface area contributed by atoms with Crippen molar-refractivity contribution in [2.75, 3.05) is 11.1 Å². The summed E-state index contributed by atoms with van der Waals surface area (Å²) in [7, 11) is 0. The van der Waals surface area contributed by atoms with Crippen LogP contribution >= 0.6 is 11.8 Å². The van der Waals surface area contributed by atoms with Crippen molar-refractivity contribution >= 4 is 29.0 Å². The Morgan fingerprint density at radius 1 is 1.14 bits per heavy atom. The van der Waals surface area contributed by atoms with E-state index < -0.39 is 4.92 Å². The molecule has 3 rings (SSSR count). The number of carbonyl (C=O) groups is 1. The van der Waals surface area contributed by atoms with E-state index in [1.54, 1.807) is 12.1 Å². The lowest BCUT2D eigenvalue weighted by Crippen LogP contribution is -2.13. The fraction of sp³-hybridized carbons (Fsp3) is 0.211. The van der Waals surface area contributed by atoms with Crippen LogP contribution in [0.3, 0.4) is 0 Å². The van der Waals surface area contributed by atoms with Crippen LogP contribution in [-0.2, 0) is 11.2 Å². The lowest BCUT2D eigenvalue weighted by Gasteiger charge is -2.09. The minimum Gasteiger partial charge on any atom is -0.320 e. The molecular weight excluding hydrogens is 378 g/mol. The SMILES string of the molecule is CCc1nnc(SCCC(=O)Nc2ccccc2[N+](=O)[O-])n1-c1ccccc1. The number of para-hydroxylation sites is 3. The van der Waals surface area contributed by atoms with E-state index in [0.29, 0.717) is 10.9 Å². The number of hydrogen-bond donors (Lipinski definition) is 1. The third-order valence-corrected chi connectivity index (χ3v) is 4.90. The van der Waals surface area contributed by atoms with Crippen molar-refractivity contribution in [2.24, 2.45) is 0 Å². The van der Waals surface area contributed by atoms with Gasteiger partial charge in [-0.3, -0.25) is 19.5 Å². The lowest BCUT2D eigenvalue weighted by molar-refractivity contribution is -0.383. The van der Waals surface area contributed by atoms with Crippen molar-refractivity contribution in [1.82, 2.24) is 14.8 Å². The Morgan fingerprint density at radius 2 is 1.86 bits per heavy atom. The first-order chi connectivity index (χ1) is 13.6. The number of hydrogen-bond acceptors (Lipinski definition) is 6. The van der Waals surface area contributed by atoms with Gasteiger partial charge in [0.05, 0.1) is 4.92 Å². The first-order valence-electron chi connectivity index (χ1n) is 8.76. The molecule has 0 atom stereocenters. The van der Waals surface area contributed by atoms with E-state index in [4.69, 9.17) is 0 Å². The van der Waals surface area contributed by atoms with E-state index in [1.807, 2.05) is 41.8 Å². The maximum Gasteiger partial charge on any atom is 0.292 e. The molecule has 0 spiro atoms. The number of aromatic nitrogens is 3. The number of rotatable bonds is 8. The third kappa shape index (κ3) is 4.55. The monoisotopic (exact) mass is 397 g/mol. The molecular formula is C19H19N5O3S. The topological polar surface area (TPSA) is 103 Å². The Labute approximate surface area is 166 Å². The number of aryl methyl sites for hydroxylation is 1. The van der Waals surface area contributed by atoms with Crippen LogP contribution in [0.4, 0.5) is 11.4 Å². The van der Waals surface area contributed by atoms with Gasteiger partial charge in [-0.25, -0.2) is 0 Å². The fourth-order valence-corrected chi connectivity index (χ4v) is 3.55. The first-order valence-corrected chi connectivity index (χ1v) is 9.74. The molecule has 144 valence electrons. The number of nitro groups is 1. The average Bonchev–Trinajstić information content (AvgIpc) is 3.12. The van der Waals surface area contributed by atoms with Crippen molar-refractivity contribution in [1.29, 1.82) is 0 Å². The Kier molecular flexibility index (Phi) is 6.38. The Hall–Kier alpha value is -3.20. The van der Waals surface area contributed by atoms with Gasteiger partial charge in [-0.2, -0.15) is 0 Å². The molecule has 0 fully saturated rings. The molecule has 1 N–H and O–H groups in total. The van der Waals surface area contributed by atoms with Crippen LogP contribution in [0.2, 0.25) is 0 Å². The fourth-order valence-electron chi connectivity index (χ4n) is 2.65. The Morgan fingerprint density at radius 3 is 2.57 bits per heavy atom. The predicted octanol–water partition coefficient (Wildman–Crippen LogP) is 3.86. The smallest absolute Gasteiger partial charge is 0.292 e. The van der Waals surface area contributed by atoms with Crippen LogP contribution in [0.15, 0.2) is 59.8 Å². The van der Waals surface area contributed by atoms with Crippen LogP contribution in [-0.4, -0.2) is 31.3 Å². The summed E-state index contributed by atoms with van der Waals surface area (Å²) in [5.41, 5.74) is 1.04. The average molecular weight is 397 g/mol. The molecule has 1 amide bonds. The standard InChI is InChI=1S/C19H19N5O3S/c1-2-17-21-22-19(23(17)14-8-4-3-5-9-14)28-13-12-18(25)20-15-10-6-7-11-16(15)24(26)27/h3-11H,2,12-13H2,1H3,(H,20,25). The largest absolute Gasteiger partial charge is 0.320 e. The van der Waals surface area contributed by atoms with Crippen LogP contribution in [0, 0.1) is 10.1 Å². The van der Waals surface area contributed by atoms with E-state index >= 15 is 0 Å². The number of nitro benzene ring substituents is 1. The van der Waals surface area contributed by atoms with Crippen LogP contribution in [0.1, 0.15) is 19.2 Å². The van der Waals surface area contributed by atoms with Crippen LogP contribution in [0.5, 0.6) is 0 Å². The number of carbonyl (C=O) groups excluding carboxylic acids is 1. The highest BCUT2D eigenvalue weighted by atomic mass is 32.2. The molecule has 0 bridgehead atoms. The first kappa shape index (κ1) is 19.6. The summed E-state index contributed by atoms with van der Waals surface area (Å²) in [6, 6.07) is 15.9. The number of nitrogens with zero attached hydrogens (tertiary/aromatic N) is 4. The van der Waals surface area contributed by atoms with Crippen LogP contribution < -0.4 is 5.32 Å². The van der Waals surface area contributed by atoms with Crippen molar-refractivity contribution in [2.45, 2.75) is 24.9 Å². The second kappa shape index (κ2) is 9.14. The highest BCUT2D eigenvalue weighted by Gasteiger charge is 2.16. The van der Waals surface area contributed by atoms with Crippen molar-refractivity contribution in [3.63, 3.8) is 0 Å². The van der Waals surface area contributed by atoms with E-state index in [-0.39, 0.29) is 23.7 Å². The minimum atomic E-state index is -0.515. The zero-order chi connectivity index (χ0) is 19.9. The number of benzene rings is 2. The summed E-state index contributed by atoms with van der Waals surface area (Å²) in [4.78, 5) is 22.7. The summed E-state index contributed by atoms with van der Waals surface area (Å²) in [6.45, 7) is 2.01. The van der Waals surface area contributed by atoms with Gasteiger partial charge in [0.15, 0.2) is 5.16 Å². The zero-order valence-electron chi connectivity index (χ0n) is 15.2. The molecule has 28 heavy (non-hydrogen) atoms. The summed E-state index contributed by atoms with van der Waals surface area (Å²) in [5, 5.41) is 22.8. The second-order valence-corrected chi connectivity index (χ2v) is 6.91. The summed E-state index contributed by atoms with van der Waals surface area (Å²) in [5.74, 6) is 1.03. The molecule has 9 heteroatoms. The number of amides is 1. The molecule has 0 aliphatic carbocycles. The van der Waals surface area contributed by atoms with Gasteiger partial charge in [0.25, 0.3) is 5.69 Å². The Bertz CT molecular complexity index is 975. The maximum absolute atomic E-state index is 12.2. The summed E-state index contributed by atoms with van der Waals surface area (Å²) < 4.78 is 1.98. The predicted molar refractivity (Wildman–Crippen MR) is 108 cm³/mol. The minimum absolute atomic E-state index is 0.125. The Balaban J connectivity index is 1.64. The third-order valence-electron chi connectivity index (χ3n) is 3.97. The quantitative estimate of drug-likeness (QED) is 0.352. The van der Waals surface area contributed by atoms with Crippen LogP contribution in [0.25, 0.3) is 5.69 Å². The zero-order valence-corrected chi connectivity index (χ0v) is 16.1. The molecule has 0 aliphatic rings. The molecule has 0 saturated carbocycles. The van der Waals surface area contributed by atoms with Crippen molar-refractivity contribution in [3.8, 4) is 5.69 Å². The van der Waals surface area contributed by atoms with E-state index in [0.717, 1.165) is 17.9 Å². The molecule has 2 aromatic carbocycles. The van der Waals surface area contributed by atoms with Crippen molar-refractivity contribution < 1.29 is 9.72 Å². The van der Waals surface area contributed by atoms with Gasteiger partial charge < -0.3 is 5.32 Å². The summed E-state index contributed by atoms with van der Waals surface area (Å²) in [6.07, 6.45) is 0.931.